The van der Waals surface area contributed by atoms with Crippen molar-refractivity contribution in [3.05, 3.63) is 30.1 Å². The molecule has 1 aromatic carbocycles. The minimum atomic E-state index is -0.899. The van der Waals surface area contributed by atoms with Gasteiger partial charge in [0, 0.05) is 0 Å². The van der Waals surface area contributed by atoms with Gasteiger partial charge in [-0.2, -0.15) is 0 Å². The minimum Gasteiger partial charge on any atom is -0.487 e. The largest absolute Gasteiger partial charge is 0.487 e. The van der Waals surface area contributed by atoms with Crippen LogP contribution < -0.4 is 10.1 Å². The van der Waals surface area contributed by atoms with Crippen LogP contribution in [0.5, 0.6) is 5.75 Å². The Morgan fingerprint density at radius 1 is 1.30 bits per heavy atom. The van der Waals surface area contributed by atoms with Gasteiger partial charge in [0.1, 0.15) is 25.3 Å². The first-order chi connectivity index (χ1) is 12.9. The number of hydrogen-bond acceptors (Lipinski definition) is 5. The van der Waals surface area contributed by atoms with E-state index in [-0.39, 0.29) is 30.8 Å². The number of imide groups is 1. The summed E-state index contributed by atoms with van der Waals surface area (Å²) in [6.07, 6.45) is 3.33. The first kappa shape index (κ1) is 19.1. The second-order valence-electron chi connectivity index (χ2n) is 6.94. The van der Waals surface area contributed by atoms with E-state index < -0.39 is 29.9 Å². The molecular weight excluding hydrogens is 355 g/mol. The molecule has 146 valence electrons. The van der Waals surface area contributed by atoms with Gasteiger partial charge in [-0.15, -0.1) is 0 Å². The van der Waals surface area contributed by atoms with Gasteiger partial charge in [0.2, 0.25) is 0 Å². The van der Waals surface area contributed by atoms with E-state index in [1.165, 1.54) is 12.1 Å². The third kappa shape index (κ3) is 3.89. The fourth-order valence-electron chi connectivity index (χ4n) is 3.68. The van der Waals surface area contributed by atoms with E-state index >= 15 is 0 Å². The van der Waals surface area contributed by atoms with Crippen LogP contribution in [0.25, 0.3) is 0 Å². The van der Waals surface area contributed by atoms with E-state index in [1.807, 2.05) is 6.92 Å². The molecule has 1 saturated carbocycles. The van der Waals surface area contributed by atoms with Crippen molar-refractivity contribution in [2.24, 2.45) is 5.92 Å². The van der Waals surface area contributed by atoms with E-state index in [1.54, 1.807) is 12.1 Å². The standard InChI is InChI=1S/C19H23FN2O5/c1-13-6-4-5-9-19(13)17(24)22(18(25)21-19)12-16(23)27-11-10-26-15-8-3-2-7-14(15)20/h2-3,7-8,13H,4-6,9-12H2,1H3,(H,21,25). The van der Waals surface area contributed by atoms with Gasteiger partial charge in [-0.05, 0) is 30.9 Å². The average Bonchev–Trinajstić information content (AvgIpc) is 2.88. The quantitative estimate of drug-likeness (QED) is 0.466. The zero-order chi connectivity index (χ0) is 19.4. The van der Waals surface area contributed by atoms with Crippen molar-refractivity contribution in [3.8, 4) is 5.75 Å². The van der Waals surface area contributed by atoms with Crippen LogP contribution in [0.1, 0.15) is 32.6 Å². The van der Waals surface area contributed by atoms with E-state index in [9.17, 15) is 18.8 Å². The average molecular weight is 378 g/mol. The Balaban J connectivity index is 1.48. The van der Waals surface area contributed by atoms with Crippen molar-refractivity contribution >= 4 is 17.9 Å². The van der Waals surface area contributed by atoms with Crippen LogP contribution in [0.2, 0.25) is 0 Å². The van der Waals surface area contributed by atoms with Crippen LogP contribution in [0.15, 0.2) is 24.3 Å². The number of esters is 1. The minimum absolute atomic E-state index is 0.0258. The van der Waals surface area contributed by atoms with Gasteiger partial charge in [-0.1, -0.05) is 31.9 Å². The lowest BCUT2D eigenvalue weighted by Gasteiger charge is -2.36. The third-order valence-corrected chi connectivity index (χ3v) is 5.23. The number of halogens is 1. The fraction of sp³-hybridized carbons (Fsp3) is 0.526. The molecule has 1 spiro atoms. The van der Waals surface area contributed by atoms with E-state index in [0.717, 1.165) is 24.2 Å². The second-order valence-corrected chi connectivity index (χ2v) is 6.94. The topological polar surface area (TPSA) is 84.9 Å². The molecule has 3 amide bonds. The Bertz CT molecular complexity index is 741. The molecule has 1 aromatic rings. The highest BCUT2D eigenvalue weighted by molar-refractivity contribution is 6.08. The van der Waals surface area contributed by atoms with E-state index in [0.29, 0.717) is 6.42 Å². The molecule has 7 nitrogen and oxygen atoms in total. The lowest BCUT2D eigenvalue weighted by Crippen LogP contribution is -2.54. The van der Waals surface area contributed by atoms with Crippen LogP contribution in [-0.4, -0.2) is 48.1 Å². The number of carbonyl (C=O) groups excluding carboxylic acids is 3. The van der Waals surface area contributed by atoms with Crippen LogP contribution in [0.3, 0.4) is 0 Å². The number of carbonyl (C=O) groups is 3. The first-order valence-electron chi connectivity index (χ1n) is 9.11. The summed E-state index contributed by atoms with van der Waals surface area (Å²) in [5.41, 5.74) is -0.899. The summed E-state index contributed by atoms with van der Waals surface area (Å²) in [6.45, 7) is 1.35. The summed E-state index contributed by atoms with van der Waals surface area (Å²) in [7, 11) is 0. The molecule has 0 bridgehead atoms. The highest BCUT2D eigenvalue weighted by Gasteiger charge is 2.55. The summed E-state index contributed by atoms with van der Waals surface area (Å²) in [5, 5.41) is 2.78. The van der Waals surface area contributed by atoms with Crippen molar-refractivity contribution in [1.29, 1.82) is 0 Å². The highest BCUT2D eigenvalue weighted by Crippen LogP contribution is 2.38. The molecule has 1 heterocycles. The number of rotatable bonds is 6. The number of para-hydroxylation sites is 1. The van der Waals surface area contributed by atoms with Crippen molar-refractivity contribution in [1.82, 2.24) is 10.2 Å². The molecule has 27 heavy (non-hydrogen) atoms. The molecule has 8 heteroatoms. The van der Waals surface area contributed by atoms with Crippen molar-refractivity contribution < 1.29 is 28.2 Å². The van der Waals surface area contributed by atoms with Crippen LogP contribution in [0.4, 0.5) is 9.18 Å². The summed E-state index contributed by atoms with van der Waals surface area (Å²) >= 11 is 0. The molecule has 1 aliphatic carbocycles. The molecule has 0 aromatic heterocycles. The molecule has 2 atom stereocenters. The Labute approximate surface area is 156 Å². The molecule has 1 N–H and O–H groups in total. The highest BCUT2D eigenvalue weighted by atomic mass is 19.1. The predicted octanol–water partition coefficient (Wildman–Crippen LogP) is 2.25. The van der Waals surface area contributed by atoms with E-state index in [2.05, 4.69) is 5.32 Å². The van der Waals surface area contributed by atoms with Gasteiger partial charge in [-0.3, -0.25) is 14.5 Å². The number of amides is 3. The number of hydrogen-bond donors (Lipinski definition) is 1. The van der Waals surface area contributed by atoms with Crippen molar-refractivity contribution in [2.75, 3.05) is 19.8 Å². The van der Waals surface area contributed by atoms with Crippen LogP contribution >= 0.6 is 0 Å². The normalized spacial score (nSPS) is 24.8. The van der Waals surface area contributed by atoms with Crippen molar-refractivity contribution in [3.63, 3.8) is 0 Å². The Hall–Kier alpha value is -2.64. The maximum atomic E-state index is 13.4. The smallest absolute Gasteiger partial charge is 0.326 e. The van der Waals surface area contributed by atoms with Gasteiger partial charge in [0.25, 0.3) is 5.91 Å². The maximum absolute atomic E-state index is 13.4. The van der Waals surface area contributed by atoms with Gasteiger partial charge < -0.3 is 14.8 Å². The number of nitrogens with zero attached hydrogens (tertiary/aromatic N) is 1. The summed E-state index contributed by atoms with van der Waals surface area (Å²) in [4.78, 5) is 37.9. The van der Waals surface area contributed by atoms with Crippen LogP contribution in [0, 0.1) is 11.7 Å². The molecule has 2 unspecified atom stereocenters. The summed E-state index contributed by atoms with van der Waals surface area (Å²) < 4.78 is 23.6. The number of urea groups is 1. The zero-order valence-corrected chi connectivity index (χ0v) is 15.2. The number of benzene rings is 1. The molecule has 2 aliphatic rings. The van der Waals surface area contributed by atoms with Gasteiger partial charge >= 0.3 is 12.0 Å². The zero-order valence-electron chi connectivity index (χ0n) is 15.2. The Kier molecular flexibility index (Phi) is 5.62. The summed E-state index contributed by atoms with van der Waals surface area (Å²) in [6, 6.07) is 5.34. The molecule has 2 fully saturated rings. The second kappa shape index (κ2) is 7.94. The number of ether oxygens (including phenoxy) is 2. The summed E-state index contributed by atoms with van der Waals surface area (Å²) in [5.74, 6) is -1.49. The third-order valence-electron chi connectivity index (χ3n) is 5.23. The molecule has 1 aliphatic heterocycles. The molecule has 0 radical (unpaired) electrons. The predicted molar refractivity (Wildman–Crippen MR) is 93.5 cm³/mol. The van der Waals surface area contributed by atoms with E-state index in [4.69, 9.17) is 9.47 Å². The van der Waals surface area contributed by atoms with Gasteiger partial charge in [0.15, 0.2) is 11.6 Å². The SMILES string of the molecule is CC1CCCCC12NC(=O)N(CC(=O)OCCOc1ccccc1F)C2=O. The Morgan fingerprint density at radius 2 is 2.07 bits per heavy atom. The monoisotopic (exact) mass is 378 g/mol. The van der Waals surface area contributed by atoms with Crippen molar-refractivity contribution in [2.45, 2.75) is 38.1 Å². The van der Waals surface area contributed by atoms with Crippen LogP contribution in [-0.2, 0) is 14.3 Å². The lowest BCUT2D eigenvalue weighted by molar-refractivity contribution is -0.149. The lowest BCUT2D eigenvalue weighted by atomic mass is 9.73. The maximum Gasteiger partial charge on any atom is 0.326 e. The molecule has 3 rings (SSSR count). The molecular formula is C19H23FN2O5. The first-order valence-corrected chi connectivity index (χ1v) is 9.11. The van der Waals surface area contributed by atoms with Gasteiger partial charge in [-0.25, -0.2) is 9.18 Å². The Morgan fingerprint density at radius 3 is 2.81 bits per heavy atom. The van der Waals surface area contributed by atoms with Gasteiger partial charge in [0.05, 0.1) is 0 Å². The molecule has 1 saturated heterocycles. The number of nitrogens with one attached hydrogen (secondary N) is 1. The fourth-order valence-corrected chi connectivity index (χ4v) is 3.68.